The number of hydrogen-bond donors (Lipinski definition) is 2. The number of nitrogens with one attached hydrogen (secondary N) is 2. The number of ether oxygens (including phenoxy) is 2. The fourth-order valence-electron chi connectivity index (χ4n) is 3.53. The number of rotatable bonds is 4. The quantitative estimate of drug-likeness (QED) is 0.832. The van der Waals surface area contributed by atoms with Gasteiger partial charge in [-0.05, 0) is 58.0 Å². The molecule has 8 heteroatoms. The summed E-state index contributed by atoms with van der Waals surface area (Å²) >= 11 is 0. The highest BCUT2D eigenvalue weighted by Crippen LogP contribution is 2.28. The number of nitrogens with zero attached hydrogens (tertiary/aromatic N) is 1. The summed E-state index contributed by atoms with van der Waals surface area (Å²) < 4.78 is 24.2. The summed E-state index contributed by atoms with van der Waals surface area (Å²) in [6.45, 7) is 6.38. The number of alkyl carbamates (subject to hydrolysis) is 1. The van der Waals surface area contributed by atoms with Gasteiger partial charge in [-0.3, -0.25) is 4.79 Å². The predicted molar refractivity (Wildman–Crippen MR) is 97.0 cm³/mol. The first kappa shape index (κ1) is 19.4. The molecule has 27 heavy (non-hydrogen) atoms. The van der Waals surface area contributed by atoms with E-state index in [1.807, 2.05) is 0 Å². The smallest absolute Gasteiger partial charge is 0.408 e. The summed E-state index contributed by atoms with van der Waals surface area (Å²) in [5, 5.41) is 5.89. The molecule has 2 fully saturated rings. The second kappa shape index (κ2) is 7.72. The van der Waals surface area contributed by atoms with E-state index in [1.54, 1.807) is 37.8 Å². The zero-order valence-corrected chi connectivity index (χ0v) is 15.8. The number of hydrogen-bond acceptors (Lipinski definition) is 5. The van der Waals surface area contributed by atoms with Gasteiger partial charge in [-0.25, -0.2) is 9.18 Å². The van der Waals surface area contributed by atoms with Crippen LogP contribution < -0.4 is 15.4 Å². The zero-order chi connectivity index (χ0) is 19.6. The third-order valence-electron chi connectivity index (χ3n) is 4.62. The average molecular weight is 379 g/mol. The minimum atomic E-state index is -0.616. The lowest BCUT2D eigenvalue weighted by atomic mass is 10.1. The maximum absolute atomic E-state index is 13.1. The van der Waals surface area contributed by atoms with E-state index < -0.39 is 11.7 Å². The predicted octanol–water partition coefficient (Wildman–Crippen LogP) is 1.67. The molecule has 148 valence electrons. The maximum Gasteiger partial charge on any atom is 0.408 e. The second-order valence-corrected chi connectivity index (χ2v) is 7.85. The van der Waals surface area contributed by atoms with Gasteiger partial charge in [-0.1, -0.05) is 0 Å². The Morgan fingerprint density at radius 1 is 1.30 bits per heavy atom. The molecule has 0 spiro atoms. The Balaban J connectivity index is 1.58. The number of carbonyl (C=O) groups excluding carboxylic acids is 2. The van der Waals surface area contributed by atoms with Gasteiger partial charge in [0.2, 0.25) is 5.91 Å². The van der Waals surface area contributed by atoms with Gasteiger partial charge < -0.3 is 25.0 Å². The van der Waals surface area contributed by atoms with Crippen LogP contribution in [0.5, 0.6) is 5.75 Å². The second-order valence-electron chi connectivity index (χ2n) is 7.85. The lowest BCUT2D eigenvalue weighted by molar-refractivity contribution is -0.131. The Labute approximate surface area is 158 Å². The molecule has 2 saturated heterocycles. The molecule has 7 nitrogen and oxygen atoms in total. The van der Waals surface area contributed by atoms with Crippen molar-refractivity contribution in [1.82, 2.24) is 15.5 Å². The molecule has 0 aromatic heterocycles. The van der Waals surface area contributed by atoms with E-state index in [2.05, 4.69) is 10.6 Å². The van der Waals surface area contributed by atoms with Crippen LogP contribution in [0, 0.1) is 5.82 Å². The van der Waals surface area contributed by atoms with Gasteiger partial charge in [0.05, 0.1) is 18.6 Å². The van der Waals surface area contributed by atoms with Crippen molar-refractivity contribution >= 4 is 12.0 Å². The van der Waals surface area contributed by atoms with Crippen LogP contribution in [0.2, 0.25) is 0 Å². The fraction of sp³-hybridized carbons (Fsp3) is 0.579. The summed E-state index contributed by atoms with van der Waals surface area (Å²) in [6.07, 6.45) is -0.0183. The van der Waals surface area contributed by atoms with Crippen LogP contribution in [-0.4, -0.2) is 60.3 Å². The summed E-state index contributed by atoms with van der Waals surface area (Å²) in [6, 6.07) is 5.88. The molecule has 3 atom stereocenters. The van der Waals surface area contributed by atoms with E-state index in [0.717, 1.165) is 13.0 Å². The normalized spacial score (nSPS) is 24.4. The number of amides is 2. The van der Waals surface area contributed by atoms with Gasteiger partial charge in [0.15, 0.2) is 0 Å². The molecule has 3 rings (SSSR count). The van der Waals surface area contributed by atoms with Crippen LogP contribution >= 0.6 is 0 Å². The summed E-state index contributed by atoms with van der Waals surface area (Å²) in [4.78, 5) is 26.1. The molecule has 2 heterocycles. The summed E-state index contributed by atoms with van der Waals surface area (Å²) in [5.41, 5.74) is -0.616. The van der Waals surface area contributed by atoms with Gasteiger partial charge in [0, 0.05) is 0 Å². The van der Waals surface area contributed by atoms with Crippen LogP contribution in [-0.2, 0) is 9.53 Å². The molecule has 2 aliphatic rings. The van der Waals surface area contributed by atoms with Crippen LogP contribution in [0.25, 0.3) is 0 Å². The third kappa shape index (κ3) is 4.88. The maximum atomic E-state index is 13.1. The Morgan fingerprint density at radius 2 is 2.00 bits per heavy atom. The fourth-order valence-corrected chi connectivity index (χ4v) is 3.53. The lowest BCUT2D eigenvalue weighted by Crippen LogP contribution is -2.45. The molecule has 0 saturated carbocycles. The number of fused-ring (bicyclic) bond motifs is 1. The summed E-state index contributed by atoms with van der Waals surface area (Å²) in [5.74, 6) is 0.0652. The van der Waals surface area contributed by atoms with E-state index in [1.165, 1.54) is 12.1 Å². The molecule has 0 unspecified atom stereocenters. The van der Waals surface area contributed by atoms with Crippen molar-refractivity contribution in [1.29, 1.82) is 0 Å². The number of halogens is 1. The van der Waals surface area contributed by atoms with Gasteiger partial charge in [-0.15, -0.1) is 0 Å². The molecule has 2 N–H and O–H groups in total. The molecular weight excluding hydrogens is 353 g/mol. The van der Waals surface area contributed by atoms with Gasteiger partial charge in [0.25, 0.3) is 0 Å². The van der Waals surface area contributed by atoms with Crippen molar-refractivity contribution in [3.8, 4) is 5.75 Å². The highest BCUT2D eigenvalue weighted by Gasteiger charge is 2.47. The van der Waals surface area contributed by atoms with E-state index in [0.29, 0.717) is 12.3 Å². The Hall–Kier alpha value is -2.35. The average Bonchev–Trinajstić information content (AvgIpc) is 3.17. The molecule has 0 radical (unpaired) electrons. The first-order chi connectivity index (χ1) is 12.7. The molecule has 0 aliphatic carbocycles. The SMILES string of the molecule is CC(C)(C)OC(=O)NCC(=O)N1C[C@H](Oc2ccc(F)cc2)[C@H]2NCC[C@H]21. The van der Waals surface area contributed by atoms with Crippen molar-refractivity contribution in [3.05, 3.63) is 30.1 Å². The molecular formula is C19H26FN3O4. The van der Waals surface area contributed by atoms with Crippen LogP contribution in [0.1, 0.15) is 27.2 Å². The van der Waals surface area contributed by atoms with Crippen molar-refractivity contribution in [2.75, 3.05) is 19.6 Å². The number of likely N-dealkylation sites (tertiary alicyclic amines) is 1. The van der Waals surface area contributed by atoms with E-state index >= 15 is 0 Å². The third-order valence-corrected chi connectivity index (χ3v) is 4.62. The number of benzene rings is 1. The first-order valence-corrected chi connectivity index (χ1v) is 9.15. The van der Waals surface area contributed by atoms with Crippen molar-refractivity contribution in [2.24, 2.45) is 0 Å². The zero-order valence-electron chi connectivity index (χ0n) is 15.8. The van der Waals surface area contributed by atoms with Crippen LogP contribution in [0.4, 0.5) is 9.18 Å². The molecule has 2 aliphatic heterocycles. The largest absolute Gasteiger partial charge is 0.487 e. The minimum Gasteiger partial charge on any atom is -0.487 e. The van der Waals surface area contributed by atoms with Crippen molar-refractivity contribution in [3.63, 3.8) is 0 Å². The Kier molecular flexibility index (Phi) is 5.55. The van der Waals surface area contributed by atoms with E-state index in [4.69, 9.17) is 9.47 Å². The standard InChI is InChI=1S/C19H26FN3O4/c1-19(2,3)27-18(25)22-10-16(24)23-11-15(17-14(23)8-9-21-17)26-13-6-4-12(20)5-7-13/h4-7,14-15,17,21H,8-11H2,1-3H3,(H,22,25)/t14-,15+,17+/m1/s1. The van der Waals surface area contributed by atoms with Crippen LogP contribution in [0.15, 0.2) is 24.3 Å². The monoisotopic (exact) mass is 379 g/mol. The lowest BCUT2D eigenvalue weighted by Gasteiger charge is -2.24. The Morgan fingerprint density at radius 3 is 2.67 bits per heavy atom. The summed E-state index contributed by atoms with van der Waals surface area (Å²) in [7, 11) is 0. The van der Waals surface area contributed by atoms with Crippen LogP contribution in [0.3, 0.4) is 0 Å². The van der Waals surface area contributed by atoms with Gasteiger partial charge in [-0.2, -0.15) is 0 Å². The van der Waals surface area contributed by atoms with Crippen molar-refractivity contribution < 1.29 is 23.5 Å². The first-order valence-electron chi connectivity index (χ1n) is 9.15. The Bertz CT molecular complexity index is 689. The molecule has 1 aromatic rings. The molecule has 0 bridgehead atoms. The highest BCUT2D eigenvalue weighted by molar-refractivity contribution is 5.83. The number of carbonyl (C=O) groups is 2. The van der Waals surface area contributed by atoms with Gasteiger partial charge in [0.1, 0.15) is 29.8 Å². The van der Waals surface area contributed by atoms with Crippen molar-refractivity contribution in [2.45, 2.75) is 51.0 Å². The highest BCUT2D eigenvalue weighted by atomic mass is 19.1. The van der Waals surface area contributed by atoms with E-state index in [9.17, 15) is 14.0 Å². The van der Waals surface area contributed by atoms with Gasteiger partial charge >= 0.3 is 6.09 Å². The molecule has 1 aromatic carbocycles. The van der Waals surface area contributed by atoms with E-state index in [-0.39, 0.29) is 36.5 Å². The molecule has 2 amide bonds. The topological polar surface area (TPSA) is 79.9 Å². The minimum absolute atomic E-state index is 0.0144.